The minimum absolute atomic E-state index is 0.206. The zero-order chi connectivity index (χ0) is 16.7. The molecule has 0 unspecified atom stereocenters. The molecule has 0 spiro atoms. The number of imide groups is 2. The lowest BCUT2D eigenvalue weighted by Gasteiger charge is -2.22. The Kier molecular flexibility index (Phi) is 3.14. The van der Waals surface area contributed by atoms with E-state index in [4.69, 9.17) is 0 Å². The molecule has 1 aromatic carbocycles. The highest BCUT2D eigenvalue weighted by Gasteiger charge is 2.34. The van der Waals surface area contributed by atoms with Crippen LogP contribution in [0.25, 0.3) is 0 Å². The highest BCUT2D eigenvalue weighted by atomic mass is 16.4. The van der Waals surface area contributed by atoms with Crippen molar-refractivity contribution in [1.29, 1.82) is 0 Å². The second-order valence-corrected chi connectivity index (χ2v) is 4.67. The van der Waals surface area contributed by atoms with Gasteiger partial charge < -0.3 is 5.11 Å². The number of carbonyl (C=O) groups excluding carboxylic acids is 4. The molecular weight excluding hydrogens is 304 g/mol. The maximum absolute atomic E-state index is 11.8. The van der Waals surface area contributed by atoms with Gasteiger partial charge in [-0.05, 0) is 12.1 Å². The molecule has 2 aliphatic rings. The lowest BCUT2D eigenvalue weighted by molar-refractivity contribution is -0.121. The Balaban J connectivity index is 2.20. The second-order valence-electron chi connectivity index (χ2n) is 4.67. The first-order chi connectivity index (χ1) is 10.9. The first-order valence-corrected chi connectivity index (χ1v) is 6.40. The molecule has 1 aromatic rings. The Hall–Kier alpha value is -3.55. The van der Waals surface area contributed by atoms with Crippen molar-refractivity contribution in [2.24, 2.45) is 0 Å². The smallest absolute Gasteiger partial charge is 0.340 e. The number of hydrogen-bond donors (Lipinski definition) is 1. The minimum Gasteiger partial charge on any atom is -0.478 e. The van der Waals surface area contributed by atoms with Crippen molar-refractivity contribution in [2.45, 2.75) is 0 Å². The fourth-order valence-corrected chi connectivity index (χ4v) is 2.40. The molecule has 1 N–H and O–H groups in total. The molecule has 3 rings (SSSR count). The summed E-state index contributed by atoms with van der Waals surface area (Å²) in [6.45, 7) is 0. The lowest BCUT2D eigenvalue weighted by atomic mass is 10.1. The van der Waals surface area contributed by atoms with E-state index in [1.54, 1.807) is 0 Å². The van der Waals surface area contributed by atoms with Crippen molar-refractivity contribution < 1.29 is 29.1 Å². The molecule has 2 heterocycles. The predicted molar refractivity (Wildman–Crippen MR) is 76.7 cm³/mol. The van der Waals surface area contributed by atoms with Crippen molar-refractivity contribution >= 4 is 41.0 Å². The summed E-state index contributed by atoms with van der Waals surface area (Å²) < 4.78 is 0. The van der Waals surface area contributed by atoms with Gasteiger partial charge in [-0.2, -0.15) is 0 Å². The van der Waals surface area contributed by atoms with Crippen LogP contribution in [0.15, 0.2) is 42.5 Å². The Labute approximate surface area is 128 Å². The summed E-state index contributed by atoms with van der Waals surface area (Å²) >= 11 is 0. The molecule has 0 atom stereocenters. The molecule has 23 heavy (non-hydrogen) atoms. The van der Waals surface area contributed by atoms with Gasteiger partial charge in [0.25, 0.3) is 23.6 Å². The van der Waals surface area contributed by atoms with Gasteiger partial charge in [-0.25, -0.2) is 14.6 Å². The number of carbonyl (C=O) groups is 5. The van der Waals surface area contributed by atoms with Crippen LogP contribution in [0.1, 0.15) is 10.4 Å². The number of carboxylic acids is 1. The topological polar surface area (TPSA) is 112 Å². The van der Waals surface area contributed by atoms with Gasteiger partial charge in [-0.1, -0.05) is 6.07 Å². The Morgan fingerprint density at radius 2 is 1.09 bits per heavy atom. The Bertz CT molecular complexity index is 755. The quantitative estimate of drug-likeness (QED) is 0.800. The molecule has 0 radical (unpaired) electrons. The number of amides is 4. The maximum atomic E-state index is 11.8. The highest BCUT2D eigenvalue weighted by Crippen LogP contribution is 2.33. The number of benzene rings is 1. The summed E-state index contributed by atoms with van der Waals surface area (Å²) in [5.41, 5.74) is -0.895. The van der Waals surface area contributed by atoms with Gasteiger partial charge in [0.2, 0.25) is 0 Å². The molecule has 2 aliphatic heterocycles. The molecule has 0 saturated heterocycles. The molecule has 8 nitrogen and oxygen atoms in total. The average molecular weight is 312 g/mol. The van der Waals surface area contributed by atoms with Crippen LogP contribution < -0.4 is 9.80 Å². The van der Waals surface area contributed by atoms with Gasteiger partial charge in [0, 0.05) is 24.3 Å². The number of carboxylic acid groups (broad SMARTS) is 1. The standard InChI is InChI=1S/C15H8N2O6/c18-10-4-5-11(19)16(10)8-2-1-3-9(14(8)15(22)23)17-12(20)6-7-13(17)21/h1-7H,(H,22,23). The van der Waals surface area contributed by atoms with Gasteiger partial charge in [-0.15, -0.1) is 0 Å². The van der Waals surface area contributed by atoms with Gasteiger partial charge in [-0.3, -0.25) is 19.2 Å². The summed E-state index contributed by atoms with van der Waals surface area (Å²) in [4.78, 5) is 60.1. The predicted octanol–water partition coefficient (Wildman–Crippen LogP) is 0.244. The summed E-state index contributed by atoms with van der Waals surface area (Å²) in [6, 6.07) is 3.87. The van der Waals surface area contributed by atoms with E-state index in [9.17, 15) is 29.1 Å². The van der Waals surface area contributed by atoms with E-state index < -0.39 is 35.2 Å². The molecular formula is C15H8N2O6. The SMILES string of the molecule is O=C(O)c1c(N2C(=O)C=CC2=O)cccc1N1C(=O)C=CC1=O. The number of aromatic carboxylic acids is 1. The zero-order valence-corrected chi connectivity index (χ0v) is 11.4. The monoisotopic (exact) mass is 312 g/mol. The number of rotatable bonds is 3. The van der Waals surface area contributed by atoms with Crippen LogP contribution in [0.5, 0.6) is 0 Å². The van der Waals surface area contributed by atoms with Crippen LogP contribution in [0, 0.1) is 0 Å². The molecule has 0 fully saturated rings. The fraction of sp³-hybridized carbons (Fsp3) is 0. The van der Waals surface area contributed by atoms with Crippen molar-refractivity contribution in [2.75, 3.05) is 9.80 Å². The molecule has 0 aromatic heterocycles. The van der Waals surface area contributed by atoms with Crippen molar-refractivity contribution in [3.8, 4) is 0 Å². The van der Waals surface area contributed by atoms with Crippen LogP contribution >= 0.6 is 0 Å². The van der Waals surface area contributed by atoms with Crippen molar-refractivity contribution in [3.05, 3.63) is 48.1 Å². The molecule has 8 heteroatoms. The third-order valence-corrected chi connectivity index (χ3v) is 3.33. The molecule has 0 bridgehead atoms. The van der Waals surface area contributed by atoms with Crippen LogP contribution in [-0.2, 0) is 19.2 Å². The van der Waals surface area contributed by atoms with E-state index in [0.29, 0.717) is 9.80 Å². The van der Waals surface area contributed by atoms with Gasteiger partial charge in [0.15, 0.2) is 0 Å². The van der Waals surface area contributed by atoms with E-state index in [1.165, 1.54) is 18.2 Å². The summed E-state index contributed by atoms with van der Waals surface area (Å²) in [7, 11) is 0. The summed E-state index contributed by atoms with van der Waals surface area (Å²) in [6.07, 6.45) is 4.03. The number of hydrogen-bond acceptors (Lipinski definition) is 5. The second kappa shape index (κ2) is 5.02. The normalized spacial score (nSPS) is 16.9. The Morgan fingerprint density at radius 1 is 0.739 bits per heavy atom. The van der Waals surface area contributed by atoms with Crippen molar-refractivity contribution in [1.82, 2.24) is 0 Å². The van der Waals surface area contributed by atoms with E-state index >= 15 is 0 Å². The molecule has 114 valence electrons. The van der Waals surface area contributed by atoms with E-state index in [2.05, 4.69) is 0 Å². The van der Waals surface area contributed by atoms with E-state index in [0.717, 1.165) is 24.3 Å². The average Bonchev–Trinajstić information content (AvgIpc) is 3.00. The van der Waals surface area contributed by atoms with Gasteiger partial charge >= 0.3 is 5.97 Å². The third-order valence-electron chi connectivity index (χ3n) is 3.33. The first kappa shape index (κ1) is 14.4. The fourth-order valence-electron chi connectivity index (χ4n) is 2.40. The highest BCUT2D eigenvalue weighted by molar-refractivity contribution is 6.32. The zero-order valence-electron chi connectivity index (χ0n) is 11.4. The van der Waals surface area contributed by atoms with Crippen LogP contribution in [-0.4, -0.2) is 34.7 Å². The Morgan fingerprint density at radius 3 is 1.39 bits per heavy atom. The summed E-state index contributed by atoms with van der Waals surface area (Å²) in [5.74, 6) is -4.28. The number of anilines is 2. The number of nitrogens with zero attached hydrogens (tertiary/aromatic N) is 2. The minimum atomic E-state index is -1.48. The molecule has 0 aliphatic carbocycles. The largest absolute Gasteiger partial charge is 0.478 e. The van der Waals surface area contributed by atoms with Crippen LogP contribution in [0.4, 0.5) is 11.4 Å². The third kappa shape index (κ3) is 2.13. The maximum Gasteiger partial charge on any atom is 0.340 e. The molecule has 4 amide bonds. The van der Waals surface area contributed by atoms with Gasteiger partial charge in [0.1, 0.15) is 5.56 Å². The van der Waals surface area contributed by atoms with Crippen LogP contribution in [0.2, 0.25) is 0 Å². The lowest BCUT2D eigenvalue weighted by Crippen LogP contribution is -2.34. The van der Waals surface area contributed by atoms with E-state index in [1.807, 2.05) is 0 Å². The molecule has 0 saturated carbocycles. The summed E-state index contributed by atoms with van der Waals surface area (Å²) in [5, 5.41) is 9.47. The first-order valence-electron chi connectivity index (χ1n) is 6.40. The van der Waals surface area contributed by atoms with Crippen molar-refractivity contribution in [3.63, 3.8) is 0 Å². The van der Waals surface area contributed by atoms with E-state index in [-0.39, 0.29) is 11.4 Å². The van der Waals surface area contributed by atoms with Crippen LogP contribution in [0.3, 0.4) is 0 Å². The van der Waals surface area contributed by atoms with Gasteiger partial charge in [0.05, 0.1) is 11.4 Å².